The van der Waals surface area contributed by atoms with Crippen LogP contribution in [0.15, 0.2) is 41.0 Å². The summed E-state index contributed by atoms with van der Waals surface area (Å²) in [5.41, 5.74) is 0.394. The molecule has 0 spiro atoms. The van der Waals surface area contributed by atoms with E-state index >= 15 is 0 Å². The van der Waals surface area contributed by atoms with Crippen molar-refractivity contribution in [1.82, 2.24) is 5.32 Å². The molecule has 0 saturated carbocycles. The lowest BCUT2D eigenvalue weighted by molar-refractivity contribution is 0.429. The molecule has 20 heavy (non-hydrogen) atoms. The van der Waals surface area contributed by atoms with E-state index in [1.807, 2.05) is 12.1 Å². The third-order valence-corrected chi connectivity index (χ3v) is 3.21. The van der Waals surface area contributed by atoms with E-state index in [1.165, 1.54) is 6.07 Å². The normalized spacial score (nSPS) is 12.6. The summed E-state index contributed by atoms with van der Waals surface area (Å²) in [4.78, 5) is 0. The average molecular weight is 279 g/mol. The maximum absolute atomic E-state index is 13.7. The number of hydrogen-bond acceptors (Lipinski definition) is 2. The minimum atomic E-state index is -0.797. The summed E-state index contributed by atoms with van der Waals surface area (Å²) in [6, 6.07) is 8.05. The number of hydrogen-bond donors (Lipinski definition) is 1. The van der Waals surface area contributed by atoms with Crippen LogP contribution < -0.4 is 5.32 Å². The Morgan fingerprint density at radius 1 is 1.15 bits per heavy atom. The van der Waals surface area contributed by atoms with Gasteiger partial charge in [0.2, 0.25) is 0 Å². The van der Waals surface area contributed by atoms with Crippen molar-refractivity contribution < 1.29 is 13.2 Å². The quantitative estimate of drug-likeness (QED) is 0.835. The summed E-state index contributed by atoms with van der Waals surface area (Å²) in [5.74, 6) is -0.708. The Labute approximate surface area is 117 Å². The number of nitrogens with one attached hydrogen (secondary N) is 1. The molecule has 0 aliphatic heterocycles. The Morgan fingerprint density at radius 2 is 2.00 bits per heavy atom. The Hall–Kier alpha value is -1.68. The standard InChI is InChI=1S/C16H19F2NO/c1-2-8-19-13(11-14-6-4-9-20-14)10-12-5-3-7-15(17)16(12)18/h3-7,9,13,19H,2,8,10-11H2,1H3. The van der Waals surface area contributed by atoms with Crippen molar-refractivity contribution in [2.75, 3.05) is 6.54 Å². The Balaban J connectivity index is 2.08. The molecule has 1 atom stereocenters. The topological polar surface area (TPSA) is 25.2 Å². The molecule has 4 heteroatoms. The van der Waals surface area contributed by atoms with Crippen LogP contribution in [0.1, 0.15) is 24.7 Å². The van der Waals surface area contributed by atoms with Gasteiger partial charge in [0.25, 0.3) is 0 Å². The summed E-state index contributed by atoms with van der Waals surface area (Å²) in [5, 5.41) is 3.35. The highest BCUT2D eigenvalue weighted by Gasteiger charge is 2.15. The summed E-state index contributed by atoms with van der Waals surface area (Å²) in [6.45, 7) is 2.90. The number of benzene rings is 1. The zero-order valence-electron chi connectivity index (χ0n) is 11.5. The van der Waals surface area contributed by atoms with Crippen LogP contribution in [0.4, 0.5) is 8.78 Å². The molecule has 108 valence electrons. The first-order chi connectivity index (χ1) is 9.70. The summed E-state index contributed by atoms with van der Waals surface area (Å²) in [6.07, 6.45) is 3.70. The van der Waals surface area contributed by atoms with Crippen LogP contribution in [0.3, 0.4) is 0 Å². The van der Waals surface area contributed by atoms with E-state index < -0.39 is 11.6 Å². The Kier molecular flexibility index (Phi) is 5.30. The fraction of sp³-hybridized carbons (Fsp3) is 0.375. The third-order valence-electron chi connectivity index (χ3n) is 3.21. The predicted octanol–water partition coefficient (Wildman–Crippen LogP) is 3.71. The molecule has 1 unspecified atom stereocenters. The van der Waals surface area contributed by atoms with Crippen LogP contribution in [0, 0.1) is 11.6 Å². The van der Waals surface area contributed by atoms with Gasteiger partial charge in [0.15, 0.2) is 11.6 Å². The zero-order valence-corrected chi connectivity index (χ0v) is 11.5. The SMILES string of the molecule is CCCNC(Cc1ccco1)Cc1cccc(F)c1F. The molecule has 2 nitrogen and oxygen atoms in total. The Bertz CT molecular complexity index is 525. The molecule has 1 aromatic carbocycles. The zero-order chi connectivity index (χ0) is 14.4. The van der Waals surface area contributed by atoms with Gasteiger partial charge >= 0.3 is 0 Å². The molecule has 0 aliphatic rings. The fourth-order valence-electron chi connectivity index (χ4n) is 2.21. The van der Waals surface area contributed by atoms with E-state index in [9.17, 15) is 8.78 Å². The summed E-state index contributed by atoms with van der Waals surface area (Å²) >= 11 is 0. The van der Waals surface area contributed by atoms with Gasteiger partial charge in [0, 0.05) is 12.5 Å². The van der Waals surface area contributed by atoms with Crippen molar-refractivity contribution in [1.29, 1.82) is 0 Å². The van der Waals surface area contributed by atoms with Crippen molar-refractivity contribution in [3.63, 3.8) is 0 Å². The molecule has 1 heterocycles. The number of rotatable bonds is 7. The van der Waals surface area contributed by atoms with E-state index in [1.54, 1.807) is 12.3 Å². The molecule has 1 aromatic heterocycles. The second kappa shape index (κ2) is 7.20. The molecule has 0 amide bonds. The fourth-order valence-corrected chi connectivity index (χ4v) is 2.21. The van der Waals surface area contributed by atoms with Crippen molar-refractivity contribution in [2.45, 2.75) is 32.2 Å². The van der Waals surface area contributed by atoms with E-state index in [-0.39, 0.29) is 6.04 Å². The van der Waals surface area contributed by atoms with Crippen LogP contribution in [0.5, 0.6) is 0 Å². The third kappa shape index (κ3) is 3.90. The molecule has 1 N–H and O–H groups in total. The van der Waals surface area contributed by atoms with E-state index in [0.29, 0.717) is 18.4 Å². The second-order valence-electron chi connectivity index (χ2n) is 4.85. The molecule has 0 aliphatic carbocycles. The van der Waals surface area contributed by atoms with Gasteiger partial charge in [-0.2, -0.15) is 0 Å². The van der Waals surface area contributed by atoms with Gasteiger partial charge in [-0.1, -0.05) is 19.1 Å². The van der Waals surface area contributed by atoms with Crippen LogP contribution in [0.25, 0.3) is 0 Å². The molecule has 0 saturated heterocycles. The van der Waals surface area contributed by atoms with E-state index in [0.717, 1.165) is 24.8 Å². The predicted molar refractivity (Wildman–Crippen MR) is 74.6 cm³/mol. The van der Waals surface area contributed by atoms with Gasteiger partial charge < -0.3 is 9.73 Å². The molecular formula is C16H19F2NO. The second-order valence-corrected chi connectivity index (χ2v) is 4.85. The smallest absolute Gasteiger partial charge is 0.162 e. The van der Waals surface area contributed by atoms with Gasteiger partial charge in [0.1, 0.15) is 5.76 Å². The van der Waals surface area contributed by atoms with Crippen molar-refractivity contribution in [3.05, 3.63) is 59.6 Å². The summed E-state index contributed by atoms with van der Waals surface area (Å²) < 4.78 is 32.3. The van der Waals surface area contributed by atoms with Crippen LogP contribution in [-0.2, 0) is 12.8 Å². The average Bonchev–Trinajstić information content (AvgIpc) is 2.94. The summed E-state index contributed by atoms with van der Waals surface area (Å²) in [7, 11) is 0. The maximum atomic E-state index is 13.7. The molecule has 0 radical (unpaired) electrons. The lowest BCUT2D eigenvalue weighted by Crippen LogP contribution is -2.34. The largest absolute Gasteiger partial charge is 0.469 e. The minimum absolute atomic E-state index is 0.0254. The van der Waals surface area contributed by atoms with Gasteiger partial charge in [-0.25, -0.2) is 8.78 Å². The van der Waals surface area contributed by atoms with E-state index in [4.69, 9.17) is 4.42 Å². The Morgan fingerprint density at radius 3 is 2.70 bits per heavy atom. The van der Waals surface area contributed by atoms with Crippen LogP contribution in [-0.4, -0.2) is 12.6 Å². The molecule has 0 bridgehead atoms. The monoisotopic (exact) mass is 279 g/mol. The lowest BCUT2D eigenvalue weighted by atomic mass is 10.0. The first-order valence-electron chi connectivity index (χ1n) is 6.89. The van der Waals surface area contributed by atoms with Crippen LogP contribution >= 0.6 is 0 Å². The molecular weight excluding hydrogens is 260 g/mol. The van der Waals surface area contributed by atoms with Crippen molar-refractivity contribution >= 4 is 0 Å². The number of furan rings is 1. The van der Waals surface area contributed by atoms with Gasteiger partial charge in [-0.15, -0.1) is 0 Å². The molecule has 0 fully saturated rings. The highest BCUT2D eigenvalue weighted by atomic mass is 19.2. The lowest BCUT2D eigenvalue weighted by Gasteiger charge is -2.18. The molecule has 2 aromatic rings. The highest BCUT2D eigenvalue weighted by molar-refractivity contribution is 5.20. The van der Waals surface area contributed by atoms with Gasteiger partial charge in [-0.3, -0.25) is 0 Å². The van der Waals surface area contributed by atoms with Gasteiger partial charge in [0.05, 0.1) is 6.26 Å². The maximum Gasteiger partial charge on any atom is 0.162 e. The molecule has 2 rings (SSSR count). The van der Waals surface area contributed by atoms with Gasteiger partial charge in [-0.05, 0) is 43.1 Å². The van der Waals surface area contributed by atoms with Crippen molar-refractivity contribution in [2.24, 2.45) is 0 Å². The van der Waals surface area contributed by atoms with Crippen LogP contribution in [0.2, 0.25) is 0 Å². The van der Waals surface area contributed by atoms with Crippen molar-refractivity contribution in [3.8, 4) is 0 Å². The van der Waals surface area contributed by atoms with E-state index in [2.05, 4.69) is 12.2 Å². The first-order valence-corrected chi connectivity index (χ1v) is 6.89. The highest BCUT2D eigenvalue weighted by Crippen LogP contribution is 2.15. The first kappa shape index (κ1) is 14.7. The minimum Gasteiger partial charge on any atom is -0.469 e. The number of halogens is 2.